The van der Waals surface area contributed by atoms with Crippen molar-refractivity contribution in [3.05, 3.63) is 41.4 Å². The molecule has 0 aliphatic heterocycles. The molecule has 0 unspecified atom stereocenters. The van der Waals surface area contributed by atoms with Crippen LogP contribution in [-0.4, -0.2) is 18.0 Å². The Kier molecular flexibility index (Phi) is 4.44. The lowest BCUT2D eigenvalue weighted by molar-refractivity contribution is -0.118. The molecule has 0 spiro atoms. The molecule has 0 bridgehead atoms. The van der Waals surface area contributed by atoms with Crippen LogP contribution in [0.4, 0.5) is 5.69 Å². The van der Waals surface area contributed by atoms with Gasteiger partial charge in [-0.1, -0.05) is 25.4 Å². The van der Waals surface area contributed by atoms with E-state index < -0.39 is 0 Å². The van der Waals surface area contributed by atoms with Crippen molar-refractivity contribution in [3.63, 3.8) is 0 Å². The summed E-state index contributed by atoms with van der Waals surface area (Å²) in [5.41, 5.74) is 2.75. The lowest BCUT2D eigenvalue weighted by Gasteiger charge is -2.06. The summed E-state index contributed by atoms with van der Waals surface area (Å²) in [6.45, 7) is 3.69. The fraction of sp³-hybridized carbons (Fsp3) is 0.222. The summed E-state index contributed by atoms with van der Waals surface area (Å²) in [5, 5.41) is 3.34. The molecule has 0 aliphatic rings. The number of nitrogens with one attached hydrogen (secondary N) is 1. The van der Waals surface area contributed by atoms with Crippen LogP contribution in [0, 0.1) is 5.92 Å². The average Bonchev–Trinajstić information content (AvgIpc) is 2.97. The second kappa shape index (κ2) is 6.53. The molecule has 5 nitrogen and oxygen atoms in total. The van der Waals surface area contributed by atoms with Crippen molar-refractivity contribution in [2.45, 2.75) is 13.8 Å². The summed E-state index contributed by atoms with van der Waals surface area (Å²) < 4.78 is 10.9. The highest BCUT2D eigenvalue weighted by Crippen LogP contribution is 2.32. The molecule has 0 saturated carbocycles. The maximum absolute atomic E-state index is 11.8. The van der Waals surface area contributed by atoms with E-state index in [-0.39, 0.29) is 11.8 Å². The lowest BCUT2D eigenvalue weighted by Crippen LogP contribution is -2.17. The molecule has 24 heavy (non-hydrogen) atoms. The zero-order valence-corrected chi connectivity index (χ0v) is 14.3. The molecule has 1 aromatic heterocycles. The topological polar surface area (TPSA) is 64.4 Å². The van der Waals surface area contributed by atoms with Gasteiger partial charge in [0.05, 0.1) is 12.1 Å². The van der Waals surface area contributed by atoms with Crippen molar-refractivity contribution in [1.29, 1.82) is 0 Å². The number of carbonyl (C=O) groups is 1. The van der Waals surface area contributed by atoms with Crippen LogP contribution in [0.5, 0.6) is 5.75 Å². The van der Waals surface area contributed by atoms with Crippen molar-refractivity contribution in [3.8, 4) is 17.2 Å². The number of fused-ring (bicyclic) bond motifs is 1. The predicted octanol–water partition coefficient (Wildman–Crippen LogP) is 4.75. The Morgan fingerprint density at radius 3 is 2.71 bits per heavy atom. The average molecular weight is 345 g/mol. The summed E-state index contributed by atoms with van der Waals surface area (Å²) in [4.78, 5) is 16.3. The number of nitrogens with zero attached hydrogens (tertiary/aromatic N) is 1. The Morgan fingerprint density at radius 2 is 2.04 bits per heavy atom. The monoisotopic (exact) mass is 344 g/mol. The van der Waals surface area contributed by atoms with Gasteiger partial charge >= 0.3 is 0 Å². The molecule has 0 atom stereocenters. The molecular weight excluding hydrogens is 328 g/mol. The smallest absolute Gasteiger partial charge is 0.227 e. The van der Waals surface area contributed by atoms with E-state index in [0.717, 1.165) is 5.56 Å². The molecular formula is C18H17ClN2O3. The number of amides is 1. The third-order valence-corrected chi connectivity index (χ3v) is 3.87. The first-order valence-electron chi connectivity index (χ1n) is 7.53. The number of aromatic nitrogens is 1. The summed E-state index contributed by atoms with van der Waals surface area (Å²) in [6.07, 6.45) is 0. The maximum Gasteiger partial charge on any atom is 0.227 e. The largest absolute Gasteiger partial charge is 0.495 e. The standard InChI is InChI=1S/C18H17ClN2O3/c1-10(2)17(22)20-12-5-7-16-14(9-12)21-18(24-16)11-4-6-15(23-3)13(19)8-11/h4-10H,1-3H3,(H,20,22). The van der Waals surface area contributed by atoms with Gasteiger partial charge in [-0.3, -0.25) is 4.79 Å². The minimum atomic E-state index is -0.0880. The first kappa shape index (κ1) is 16.3. The summed E-state index contributed by atoms with van der Waals surface area (Å²) in [6, 6.07) is 10.7. The van der Waals surface area contributed by atoms with Crippen molar-refractivity contribution in [1.82, 2.24) is 4.98 Å². The van der Waals surface area contributed by atoms with Crippen molar-refractivity contribution < 1.29 is 13.9 Å². The quantitative estimate of drug-likeness (QED) is 0.741. The van der Waals surface area contributed by atoms with Crippen LogP contribution in [-0.2, 0) is 4.79 Å². The minimum absolute atomic E-state index is 0.0417. The molecule has 6 heteroatoms. The summed E-state index contributed by atoms with van der Waals surface area (Å²) >= 11 is 6.15. The number of rotatable bonds is 4. The first-order chi connectivity index (χ1) is 11.5. The number of methoxy groups -OCH3 is 1. The van der Waals surface area contributed by atoms with Crippen LogP contribution in [0.2, 0.25) is 5.02 Å². The molecule has 1 amide bonds. The van der Waals surface area contributed by atoms with Crippen LogP contribution in [0.1, 0.15) is 13.8 Å². The molecule has 0 fully saturated rings. The molecule has 3 rings (SSSR count). The van der Waals surface area contributed by atoms with E-state index in [1.54, 1.807) is 37.4 Å². The molecule has 124 valence electrons. The van der Waals surface area contributed by atoms with Gasteiger partial charge in [0, 0.05) is 17.2 Å². The van der Waals surface area contributed by atoms with Gasteiger partial charge in [0.15, 0.2) is 5.58 Å². The van der Waals surface area contributed by atoms with Crippen LogP contribution in [0.15, 0.2) is 40.8 Å². The fourth-order valence-corrected chi connectivity index (χ4v) is 2.47. The zero-order chi connectivity index (χ0) is 17.3. The van der Waals surface area contributed by atoms with Gasteiger partial charge in [-0.25, -0.2) is 4.98 Å². The van der Waals surface area contributed by atoms with Crippen molar-refractivity contribution in [2.75, 3.05) is 12.4 Å². The maximum atomic E-state index is 11.8. The Bertz CT molecular complexity index is 902. The Labute approximate surface area is 144 Å². The summed E-state index contributed by atoms with van der Waals surface area (Å²) in [5.74, 6) is 0.923. The minimum Gasteiger partial charge on any atom is -0.495 e. The van der Waals surface area contributed by atoms with Crippen molar-refractivity contribution in [2.24, 2.45) is 5.92 Å². The Morgan fingerprint density at radius 1 is 1.25 bits per heavy atom. The molecule has 0 radical (unpaired) electrons. The van der Waals surface area contributed by atoms with Crippen LogP contribution < -0.4 is 10.1 Å². The van der Waals surface area contributed by atoms with Crippen LogP contribution in [0.25, 0.3) is 22.6 Å². The number of hydrogen-bond acceptors (Lipinski definition) is 4. The highest BCUT2D eigenvalue weighted by molar-refractivity contribution is 6.32. The highest BCUT2D eigenvalue weighted by Gasteiger charge is 2.12. The number of halogens is 1. The van der Waals surface area contributed by atoms with Crippen LogP contribution >= 0.6 is 11.6 Å². The number of anilines is 1. The van der Waals surface area contributed by atoms with E-state index in [4.69, 9.17) is 20.8 Å². The molecule has 0 saturated heterocycles. The molecule has 1 heterocycles. The Balaban J connectivity index is 1.94. The molecule has 1 N–H and O–H groups in total. The van der Waals surface area contributed by atoms with Gasteiger partial charge < -0.3 is 14.5 Å². The number of carbonyl (C=O) groups excluding carboxylic acids is 1. The SMILES string of the molecule is COc1ccc(-c2nc3cc(NC(=O)C(C)C)ccc3o2)cc1Cl. The van der Waals surface area contributed by atoms with Gasteiger partial charge in [-0.05, 0) is 36.4 Å². The van der Waals surface area contributed by atoms with Gasteiger partial charge in [-0.15, -0.1) is 0 Å². The lowest BCUT2D eigenvalue weighted by atomic mass is 10.2. The molecule has 0 aliphatic carbocycles. The number of oxazole rings is 1. The van der Waals surface area contributed by atoms with Gasteiger partial charge in [0.25, 0.3) is 0 Å². The van der Waals surface area contributed by atoms with E-state index >= 15 is 0 Å². The number of hydrogen-bond donors (Lipinski definition) is 1. The van der Waals surface area contributed by atoms with Gasteiger partial charge in [0.2, 0.25) is 11.8 Å². The van der Waals surface area contributed by atoms with E-state index in [1.165, 1.54) is 0 Å². The third kappa shape index (κ3) is 3.21. The molecule has 2 aromatic carbocycles. The van der Waals surface area contributed by atoms with E-state index in [9.17, 15) is 4.79 Å². The van der Waals surface area contributed by atoms with E-state index in [2.05, 4.69) is 10.3 Å². The van der Waals surface area contributed by atoms with Gasteiger partial charge in [0.1, 0.15) is 11.3 Å². The first-order valence-corrected chi connectivity index (χ1v) is 7.91. The van der Waals surface area contributed by atoms with E-state index in [1.807, 2.05) is 19.9 Å². The number of benzene rings is 2. The number of ether oxygens (including phenoxy) is 1. The second-order valence-corrected chi connectivity index (χ2v) is 6.10. The summed E-state index contributed by atoms with van der Waals surface area (Å²) in [7, 11) is 1.56. The highest BCUT2D eigenvalue weighted by atomic mass is 35.5. The fourth-order valence-electron chi connectivity index (χ4n) is 2.21. The molecule has 3 aromatic rings. The van der Waals surface area contributed by atoms with Crippen molar-refractivity contribution >= 4 is 34.3 Å². The second-order valence-electron chi connectivity index (χ2n) is 5.69. The normalized spacial score (nSPS) is 11.0. The zero-order valence-electron chi connectivity index (χ0n) is 13.6. The third-order valence-electron chi connectivity index (χ3n) is 3.58. The van der Waals surface area contributed by atoms with E-state index in [0.29, 0.717) is 33.4 Å². The predicted molar refractivity (Wildman–Crippen MR) is 94.5 cm³/mol. The van der Waals surface area contributed by atoms with Crippen LogP contribution in [0.3, 0.4) is 0 Å². The Hall–Kier alpha value is -2.53. The van der Waals surface area contributed by atoms with Gasteiger partial charge in [-0.2, -0.15) is 0 Å².